The molecular formula is C14H31N2O5. The van der Waals surface area contributed by atoms with Crippen molar-refractivity contribution in [2.24, 2.45) is 5.73 Å². The maximum Gasteiger partial charge on any atom is 0.0701 e. The highest BCUT2D eigenvalue weighted by Crippen LogP contribution is 1.85. The molecule has 1 radical (unpaired) electrons. The van der Waals surface area contributed by atoms with Crippen LogP contribution in [0.25, 0.3) is 0 Å². The number of rotatable bonds is 18. The lowest BCUT2D eigenvalue weighted by Gasteiger charge is -2.07. The zero-order valence-corrected chi connectivity index (χ0v) is 13.0. The van der Waals surface area contributed by atoms with Crippen molar-refractivity contribution in [3.05, 3.63) is 0 Å². The molecule has 21 heavy (non-hydrogen) atoms. The third-order valence-electron chi connectivity index (χ3n) is 2.45. The molecule has 7 nitrogen and oxygen atoms in total. The van der Waals surface area contributed by atoms with E-state index in [1.807, 2.05) is 0 Å². The first-order valence-electron chi connectivity index (χ1n) is 7.65. The zero-order chi connectivity index (χ0) is 15.4. The van der Waals surface area contributed by atoms with E-state index < -0.39 is 0 Å². The van der Waals surface area contributed by atoms with Gasteiger partial charge in [0.2, 0.25) is 0 Å². The molecule has 0 heterocycles. The predicted molar refractivity (Wildman–Crippen MR) is 80.3 cm³/mol. The van der Waals surface area contributed by atoms with Crippen molar-refractivity contribution in [1.82, 2.24) is 5.73 Å². The quantitative estimate of drug-likeness (QED) is 0.361. The minimum atomic E-state index is 0.413. The van der Waals surface area contributed by atoms with Crippen molar-refractivity contribution in [2.45, 2.75) is 12.8 Å². The van der Waals surface area contributed by atoms with Crippen molar-refractivity contribution in [2.75, 3.05) is 79.2 Å². The zero-order valence-electron chi connectivity index (χ0n) is 13.0. The molecule has 127 valence electrons. The monoisotopic (exact) mass is 307 g/mol. The van der Waals surface area contributed by atoms with Gasteiger partial charge in [0.1, 0.15) is 0 Å². The maximum atomic E-state index is 6.94. The van der Waals surface area contributed by atoms with E-state index in [2.05, 4.69) is 0 Å². The van der Waals surface area contributed by atoms with E-state index in [4.69, 9.17) is 35.2 Å². The molecule has 3 N–H and O–H groups in total. The molecule has 7 heteroatoms. The van der Waals surface area contributed by atoms with Crippen LogP contribution in [0.3, 0.4) is 0 Å². The van der Waals surface area contributed by atoms with E-state index in [-0.39, 0.29) is 0 Å². The highest BCUT2D eigenvalue weighted by atomic mass is 16.6. The van der Waals surface area contributed by atoms with Crippen molar-refractivity contribution < 1.29 is 23.7 Å². The first-order valence-corrected chi connectivity index (χ1v) is 7.65. The van der Waals surface area contributed by atoms with Gasteiger partial charge in [-0.25, -0.2) is 0 Å². The standard InChI is InChI=1S/C14H31N2O5/c15-3-1-5-17-7-9-19-11-13-21-14-12-20-10-8-18-6-2-4-16/h15H,1-14,16H2. The molecule has 0 aromatic rings. The predicted octanol–water partition coefficient (Wildman–Crippen LogP) is 0.0912. The molecular weight excluding hydrogens is 276 g/mol. The van der Waals surface area contributed by atoms with E-state index in [9.17, 15) is 0 Å². The van der Waals surface area contributed by atoms with Crippen LogP contribution in [0.5, 0.6) is 0 Å². The van der Waals surface area contributed by atoms with Crippen molar-refractivity contribution >= 4 is 0 Å². The lowest BCUT2D eigenvalue weighted by molar-refractivity contribution is -0.0111. The Morgan fingerprint density at radius 3 is 1.19 bits per heavy atom. The Hall–Kier alpha value is -0.280. The second kappa shape index (κ2) is 19.7. The summed E-state index contributed by atoms with van der Waals surface area (Å²) in [4.78, 5) is 0. The van der Waals surface area contributed by atoms with Crippen molar-refractivity contribution in [3.63, 3.8) is 0 Å². The van der Waals surface area contributed by atoms with Gasteiger partial charge in [0.25, 0.3) is 0 Å². The van der Waals surface area contributed by atoms with Crippen LogP contribution in [-0.2, 0) is 23.7 Å². The lowest BCUT2D eigenvalue weighted by Crippen LogP contribution is -2.14. The summed E-state index contributed by atoms with van der Waals surface area (Å²) in [6, 6.07) is 0. The average Bonchev–Trinajstić information content (AvgIpc) is 2.50. The highest BCUT2D eigenvalue weighted by Gasteiger charge is 1.93. The third kappa shape index (κ3) is 19.7. The third-order valence-corrected chi connectivity index (χ3v) is 2.45. The van der Waals surface area contributed by atoms with Gasteiger partial charge in [-0.05, 0) is 19.4 Å². The molecule has 0 aromatic heterocycles. The van der Waals surface area contributed by atoms with Crippen molar-refractivity contribution in [3.8, 4) is 0 Å². The van der Waals surface area contributed by atoms with Gasteiger partial charge < -0.3 is 29.4 Å². The van der Waals surface area contributed by atoms with Crippen LogP contribution in [0, 0.1) is 0 Å². The fraction of sp³-hybridized carbons (Fsp3) is 1.00. The van der Waals surface area contributed by atoms with Gasteiger partial charge in [-0.3, -0.25) is 5.73 Å². The lowest BCUT2D eigenvalue weighted by atomic mass is 10.5. The van der Waals surface area contributed by atoms with Crippen LogP contribution >= 0.6 is 0 Å². The maximum absolute atomic E-state index is 6.94. The Labute approximate surface area is 128 Å². The van der Waals surface area contributed by atoms with Gasteiger partial charge in [-0.15, -0.1) is 0 Å². The Bertz CT molecular complexity index is 169. The van der Waals surface area contributed by atoms with Gasteiger partial charge in [0.15, 0.2) is 0 Å². The first-order chi connectivity index (χ1) is 10.4. The van der Waals surface area contributed by atoms with Crippen LogP contribution in [-0.4, -0.2) is 79.2 Å². The Morgan fingerprint density at radius 1 is 0.524 bits per heavy atom. The van der Waals surface area contributed by atoms with Gasteiger partial charge in [0, 0.05) is 19.8 Å². The summed E-state index contributed by atoms with van der Waals surface area (Å²) in [5, 5.41) is 0. The minimum Gasteiger partial charge on any atom is -0.379 e. The van der Waals surface area contributed by atoms with Crippen LogP contribution in [0.4, 0.5) is 0 Å². The number of ether oxygens (including phenoxy) is 5. The van der Waals surface area contributed by atoms with Crippen LogP contribution in [0.15, 0.2) is 0 Å². The van der Waals surface area contributed by atoms with E-state index in [0.717, 1.165) is 12.8 Å². The van der Waals surface area contributed by atoms with Gasteiger partial charge >= 0.3 is 0 Å². The smallest absolute Gasteiger partial charge is 0.0701 e. The SMILES string of the molecule is [NH]CCCOCCOCCOCCOCCOCCCN. The summed E-state index contributed by atoms with van der Waals surface area (Å²) in [7, 11) is 0. The average molecular weight is 307 g/mol. The minimum absolute atomic E-state index is 0.413. The molecule has 0 amide bonds. The van der Waals surface area contributed by atoms with Crippen LogP contribution in [0.2, 0.25) is 0 Å². The molecule has 0 rings (SSSR count). The fourth-order valence-electron chi connectivity index (χ4n) is 1.34. The highest BCUT2D eigenvalue weighted by molar-refractivity contribution is 4.38. The summed E-state index contributed by atoms with van der Waals surface area (Å²) in [5.41, 5.74) is 12.3. The van der Waals surface area contributed by atoms with E-state index in [1.165, 1.54) is 0 Å². The Kier molecular flexibility index (Phi) is 19.5. The number of hydrogen-bond donors (Lipinski definition) is 1. The van der Waals surface area contributed by atoms with E-state index in [1.54, 1.807) is 0 Å². The number of nitrogens with two attached hydrogens (primary N) is 1. The molecule has 0 aliphatic carbocycles. The Morgan fingerprint density at radius 2 is 0.857 bits per heavy atom. The molecule has 0 unspecified atom stereocenters. The summed E-state index contributed by atoms with van der Waals surface area (Å²) in [6.45, 7) is 6.98. The summed E-state index contributed by atoms with van der Waals surface area (Å²) in [5.74, 6) is 0. The molecule has 0 aliphatic heterocycles. The molecule has 0 fully saturated rings. The molecule has 0 saturated heterocycles. The van der Waals surface area contributed by atoms with Crippen LogP contribution in [0.1, 0.15) is 12.8 Å². The molecule has 0 aromatic carbocycles. The van der Waals surface area contributed by atoms with Gasteiger partial charge in [-0.2, -0.15) is 0 Å². The topological polar surface area (TPSA) is 96.0 Å². The second-order valence-corrected chi connectivity index (χ2v) is 4.31. The first kappa shape index (κ1) is 20.7. The summed E-state index contributed by atoms with van der Waals surface area (Å²) in [6.07, 6.45) is 1.67. The molecule has 0 aliphatic rings. The van der Waals surface area contributed by atoms with Gasteiger partial charge in [0.05, 0.1) is 52.9 Å². The summed E-state index contributed by atoms with van der Waals surface area (Å²) < 4.78 is 26.6. The molecule has 0 bridgehead atoms. The van der Waals surface area contributed by atoms with E-state index in [0.29, 0.717) is 79.2 Å². The van der Waals surface area contributed by atoms with Crippen molar-refractivity contribution in [1.29, 1.82) is 0 Å². The summed E-state index contributed by atoms with van der Waals surface area (Å²) >= 11 is 0. The number of hydrogen-bond acceptors (Lipinski definition) is 6. The van der Waals surface area contributed by atoms with Gasteiger partial charge in [-0.1, -0.05) is 0 Å². The second-order valence-electron chi connectivity index (χ2n) is 4.31. The van der Waals surface area contributed by atoms with E-state index >= 15 is 0 Å². The largest absolute Gasteiger partial charge is 0.379 e. The van der Waals surface area contributed by atoms with Crippen LogP contribution < -0.4 is 11.5 Å². The Balaban J connectivity index is 2.90. The normalized spacial score (nSPS) is 11.1. The molecule has 0 spiro atoms. The molecule has 0 atom stereocenters. The molecule has 0 saturated carbocycles. The fourth-order valence-corrected chi connectivity index (χ4v) is 1.34. The number of nitrogens with one attached hydrogen (secondary N) is 1.